The fourth-order valence-corrected chi connectivity index (χ4v) is 3.25. The molecule has 0 bridgehead atoms. The van der Waals surface area contributed by atoms with Crippen LogP contribution in [0.3, 0.4) is 0 Å². The number of guanidine groups is 1. The Morgan fingerprint density at radius 1 is 1.36 bits per heavy atom. The number of rotatable bonds is 13. The van der Waals surface area contributed by atoms with E-state index in [9.17, 15) is 4.79 Å². The van der Waals surface area contributed by atoms with Gasteiger partial charge in [0.1, 0.15) is 0 Å². The van der Waals surface area contributed by atoms with E-state index < -0.39 is 6.04 Å². The van der Waals surface area contributed by atoms with Crippen LogP contribution in [0.5, 0.6) is 0 Å². The van der Waals surface area contributed by atoms with E-state index in [2.05, 4.69) is 27.4 Å². The van der Waals surface area contributed by atoms with E-state index in [0.29, 0.717) is 30.2 Å². The Bertz CT molecular complexity index is 875. The molecule has 0 aliphatic rings. The van der Waals surface area contributed by atoms with Gasteiger partial charge in [0.25, 0.3) is 0 Å². The molecule has 0 saturated heterocycles. The number of hydrazone groups is 1. The van der Waals surface area contributed by atoms with Crippen LogP contribution in [0.25, 0.3) is 0 Å². The second kappa shape index (κ2) is 15.4. The first kappa shape index (κ1) is 27.7. The maximum Gasteiger partial charge on any atom is 0.220 e. The molecule has 1 aromatic rings. The van der Waals surface area contributed by atoms with Crippen molar-refractivity contribution in [3.8, 4) is 6.19 Å². The molecule has 0 spiro atoms. The summed E-state index contributed by atoms with van der Waals surface area (Å²) in [6.07, 6.45) is 7.05. The van der Waals surface area contributed by atoms with Crippen LogP contribution in [0.15, 0.2) is 46.6 Å². The summed E-state index contributed by atoms with van der Waals surface area (Å²) in [4.78, 5) is 18.5. The zero-order chi connectivity index (χ0) is 24.6. The van der Waals surface area contributed by atoms with Crippen molar-refractivity contribution in [3.05, 3.63) is 47.1 Å². The summed E-state index contributed by atoms with van der Waals surface area (Å²) in [7, 11) is 0. The molecule has 33 heavy (non-hydrogen) atoms. The molecular formula is C23H33ClN8O. The Labute approximate surface area is 201 Å². The summed E-state index contributed by atoms with van der Waals surface area (Å²) in [5.74, 6) is 0.148. The summed E-state index contributed by atoms with van der Waals surface area (Å²) in [6.45, 7) is 10.7. The summed E-state index contributed by atoms with van der Waals surface area (Å²) >= 11 is 5.98. The van der Waals surface area contributed by atoms with Crippen LogP contribution >= 0.6 is 11.6 Å². The van der Waals surface area contributed by atoms with Gasteiger partial charge in [0.15, 0.2) is 6.19 Å². The number of nitrogens with one attached hydrogen (secondary N) is 3. The third kappa shape index (κ3) is 9.74. The highest BCUT2D eigenvalue weighted by Gasteiger charge is 2.25. The Kier molecular flexibility index (Phi) is 12.9. The smallest absolute Gasteiger partial charge is 0.220 e. The number of amides is 1. The largest absolute Gasteiger partial charge is 0.356 e. The molecule has 3 N–H and O–H groups in total. The quantitative estimate of drug-likeness (QED) is 0.102. The Morgan fingerprint density at radius 3 is 2.61 bits per heavy atom. The molecule has 0 heterocycles. The predicted molar refractivity (Wildman–Crippen MR) is 134 cm³/mol. The van der Waals surface area contributed by atoms with Gasteiger partial charge >= 0.3 is 0 Å². The lowest BCUT2D eigenvalue weighted by Gasteiger charge is -2.30. The number of benzene rings is 1. The zero-order valence-electron chi connectivity index (χ0n) is 19.5. The molecule has 1 aromatic carbocycles. The number of nitriles is 1. The molecule has 1 amide bonds. The molecule has 0 fully saturated rings. The first-order chi connectivity index (χ1) is 15.9. The monoisotopic (exact) mass is 472 g/mol. The minimum atomic E-state index is -0.587. The van der Waals surface area contributed by atoms with Gasteiger partial charge in [0.05, 0.1) is 18.3 Å². The molecular weight excluding hydrogens is 440 g/mol. The molecule has 9 nitrogen and oxygen atoms in total. The Balaban J connectivity index is 3.00. The van der Waals surface area contributed by atoms with Gasteiger partial charge in [0.2, 0.25) is 11.9 Å². The van der Waals surface area contributed by atoms with Gasteiger partial charge in [-0.2, -0.15) is 10.4 Å². The van der Waals surface area contributed by atoms with Crippen molar-refractivity contribution in [2.24, 2.45) is 10.1 Å². The first-order valence-corrected chi connectivity index (χ1v) is 11.2. The molecule has 0 radical (unpaired) electrons. The second-order valence-corrected chi connectivity index (χ2v) is 7.58. The van der Waals surface area contributed by atoms with Crippen molar-refractivity contribution in [2.45, 2.75) is 39.7 Å². The molecule has 1 unspecified atom stereocenters. The number of aliphatic imine (C=N–C) groups is 1. The summed E-state index contributed by atoms with van der Waals surface area (Å²) < 4.78 is 0. The number of carbonyl (C=O) groups excluding carboxylic acids is 1. The fraction of sp³-hybridized carbons (Fsp3) is 0.435. The maximum absolute atomic E-state index is 12.3. The van der Waals surface area contributed by atoms with Crippen LogP contribution < -0.4 is 10.6 Å². The molecule has 0 aliphatic carbocycles. The summed E-state index contributed by atoms with van der Waals surface area (Å²) in [5, 5.41) is 29.7. The van der Waals surface area contributed by atoms with Crippen LogP contribution in [0.4, 0.5) is 0 Å². The highest BCUT2D eigenvalue weighted by molar-refractivity contribution is 6.30. The number of nitrogens with zero attached hydrogens (tertiary/aromatic N) is 5. The van der Waals surface area contributed by atoms with Gasteiger partial charge in [0, 0.05) is 44.5 Å². The van der Waals surface area contributed by atoms with Gasteiger partial charge in [-0.15, -0.1) is 0 Å². The topological polar surface area (TPSA) is 120 Å². The van der Waals surface area contributed by atoms with Crippen molar-refractivity contribution < 1.29 is 4.79 Å². The lowest BCUT2D eigenvalue weighted by atomic mass is 10.0. The molecule has 0 aliphatic heterocycles. The fourth-order valence-electron chi connectivity index (χ4n) is 3.12. The zero-order valence-corrected chi connectivity index (χ0v) is 20.3. The van der Waals surface area contributed by atoms with Gasteiger partial charge in [-0.05, 0) is 37.5 Å². The van der Waals surface area contributed by atoms with Gasteiger partial charge in [-0.25, -0.2) is 4.99 Å². The van der Waals surface area contributed by atoms with Crippen molar-refractivity contribution in [2.75, 3.05) is 26.2 Å². The van der Waals surface area contributed by atoms with Crippen LogP contribution in [0.1, 0.15) is 39.2 Å². The van der Waals surface area contributed by atoms with E-state index in [1.165, 1.54) is 6.92 Å². The highest BCUT2D eigenvalue weighted by atomic mass is 35.5. The van der Waals surface area contributed by atoms with Crippen LogP contribution in [-0.4, -0.2) is 66.4 Å². The van der Waals surface area contributed by atoms with Crippen molar-refractivity contribution in [1.82, 2.24) is 20.5 Å². The first-order valence-electron chi connectivity index (χ1n) is 10.8. The maximum atomic E-state index is 12.3. The minimum absolute atomic E-state index is 0.122. The lowest BCUT2D eigenvalue weighted by Crippen LogP contribution is -2.47. The third-order valence-corrected chi connectivity index (χ3v) is 4.94. The van der Waals surface area contributed by atoms with Crippen LogP contribution in [0, 0.1) is 16.9 Å². The van der Waals surface area contributed by atoms with E-state index in [-0.39, 0.29) is 24.1 Å². The summed E-state index contributed by atoms with van der Waals surface area (Å²) in [5.41, 5.74) is 0.917. The average Bonchev–Trinajstić information content (AvgIpc) is 2.80. The SMILES string of the molecule is C=NN(/C=C\C)CCCNC(=NCC(C(=N)c1ccc(Cl)cc1)N(CCC)C(C)=O)NC#N. The number of carbonyl (C=O) groups is 1. The minimum Gasteiger partial charge on any atom is -0.356 e. The molecule has 178 valence electrons. The number of halogens is 1. The second-order valence-electron chi connectivity index (χ2n) is 7.14. The van der Waals surface area contributed by atoms with Crippen LogP contribution in [0.2, 0.25) is 5.02 Å². The summed E-state index contributed by atoms with van der Waals surface area (Å²) in [6, 6.07) is 6.34. The molecule has 10 heteroatoms. The van der Waals surface area contributed by atoms with Gasteiger partial charge < -0.3 is 15.6 Å². The van der Waals surface area contributed by atoms with E-state index >= 15 is 0 Å². The molecule has 1 rings (SSSR count). The number of hydrogen-bond donors (Lipinski definition) is 3. The Morgan fingerprint density at radius 2 is 2.06 bits per heavy atom. The van der Waals surface area contributed by atoms with Crippen LogP contribution in [-0.2, 0) is 4.79 Å². The van der Waals surface area contributed by atoms with Gasteiger partial charge in [-0.1, -0.05) is 36.7 Å². The third-order valence-electron chi connectivity index (χ3n) is 4.69. The normalized spacial score (nSPS) is 12.0. The van der Waals surface area contributed by atoms with E-state index in [1.54, 1.807) is 34.2 Å². The number of allylic oxidation sites excluding steroid dienone is 1. The molecule has 0 saturated carbocycles. The average molecular weight is 473 g/mol. The Hall–Kier alpha value is -3.38. The number of hydrogen-bond acceptors (Lipinski definition) is 6. The standard InChI is InChI=1S/C23H33ClN8O/c1-5-13-31(27-4)15-7-12-28-23(30-17-25)29-16-21(32(14-6-2)18(3)33)22(26)19-8-10-20(24)11-9-19/h5,8-11,13,21,26H,4,6-7,12,14-16H2,1-3H3,(H2,28,29,30)/b13-5-,26-22?. The lowest BCUT2D eigenvalue weighted by molar-refractivity contribution is -0.129. The van der Waals surface area contributed by atoms with E-state index in [1.807, 2.05) is 32.3 Å². The van der Waals surface area contributed by atoms with Gasteiger partial charge in [-0.3, -0.25) is 15.1 Å². The van der Waals surface area contributed by atoms with E-state index in [0.717, 1.165) is 12.8 Å². The molecule has 1 atom stereocenters. The van der Waals surface area contributed by atoms with E-state index in [4.69, 9.17) is 22.3 Å². The molecule has 0 aromatic heterocycles. The van der Waals surface area contributed by atoms with Crippen molar-refractivity contribution >= 4 is 35.9 Å². The van der Waals surface area contributed by atoms with Crippen molar-refractivity contribution in [3.63, 3.8) is 0 Å². The van der Waals surface area contributed by atoms with Crippen molar-refractivity contribution in [1.29, 1.82) is 10.7 Å². The highest BCUT2D eigenvalue weighted by Crippen LogP contribution is 2.15. The predicted octanol–water partition coefficient (Wildman–Crippen LogP) is 3.19.